The number of aryl methyl sites for hydroxylation is 1. The molecule has 4 aromatic rings. The maximum Gasteiger partial charge on any atom is 0.194 e. The first-order valence-electron chi connectivity index (χ1n) is 9.63. The van der Waals surface area contributed by atoms with Crippen molar-refractivity contribution in [2.24, 2.45) is 0 Å². The third-order valence-corrected chi connectivity index (χ3v) is 5.30. The number of aromatic nitrogens is 2. The number of fused-ring (bicyclic) bond motifs is 2. The van der Waals surface area contributed by atoms with Crippen LogP contribution in [0.1, 0.15) is 21.5 Å². The first-order chi connectivity index (χ1) is 14.1. The summed E-state index contributed by atoms with van der Waals surface area (Å²) in [4.78, 5) is 12.9. The van der Waals surface area contributed by atoms with Crippen molar-refractivity contribution in [3.63, 3.8) is 0 Å². The molecule has 144 valence electrons. The number of nitrogens with zero attached hydrogens (tertiary/aromatic N) is 2. The maximum absolute atomic E-state index is 12.9. The monoisotopic (exact) mass is 384 g/mol. The summed E-state index contributed by atoms with van der Waals surface area (Å²) < 4.78 is 7.47. The van der Waals surface area contributed by atoms with Crippen LogP contribution in [0.2, 0.25) is 0 Å². The number of aliphatic hydroxyl groups excluding tert-OH is 1. The molecule has 29 heavy (non-hydrogen) atoms. The van der Waals surface area contributed by atoms with Crippen LogP contribution in [-0.2, 0) is 6.54 Å². The van der Waals surface area contributed by atoms with Crippen molar-refractivity contribution >= 4 is 16.7 Å². The Balaban J connectivity index is 1.45. The molecule has 0 amide bonds. The molecule has 0 saturated heterocycles. The number of ketones is 1. The minimum absolute atomic E-state index is 0.0153. The molecule has 5 nitrogen and oxygen atoms in total. The van der Waals surface area contributed by atoms with E-state index in [9.17, 15) is 9.90 Å². The first kappa shape index (κ1) is 17.6. The Kier molecular flexibility index (Phi) is 4.18. The lowest BCUT2D eigenvalue weighted by molar-refractivity contribution is 0.0905. The predicted molar refractivity (Wildman–Crippen MR) is 111 cm³/mol. The summed E-state index contributed by atoms with van der Waals surface area (Å²) in [5.41, 5.74) is 4.95. The van der Waals surface area contributed by atoms with Crippen LogP contribution in [0.15, 0.2) is 66.7 Å². The lowest BCUT2D eigenvalue weighted by Crippen LogP contribution is -2.24. The van der Waals surface area contributed by atoms with Gasteiger partial charge in [0.1, 0.15) is 24.2 Å². The minimum atomic E-state index is -0.734. The Morgan fingerprint density at radius 3 is 2.48 bits per heavy atom. The SMILES string of the molecule is Cc1ccc(OCC(O)Cn2nc3c4c(cccc42)C(=O)c2ccccc2-3)cc1. The molecule has 1 aromatic heterocycles. The van der Waals surface area contributed by atoms with Crippen LogP contribution in [-0.4, -0.2) is 33.4 Å². The van der Waals surface area contributed by atoms with Crippen molar-refractivity contribution in [1.82, 2.24) is 9.78 Å². The van der Waals surface area contributed by atoms with Gasteiger partial charge in [-0.2, -0.15) is 5.10 Å². The number of benzene rings is 3. The van der Waals surface area contributed by atoms with Crippen LogP contribution in [0.5, 0.6) is 5.75 Å². The van der Waals surface area contributed by atoms with Crippen LogP contribution in [0.3, 0.4) is 0 Å². The molecule has 1 aliphatic carbocycles. The van der Waals surface area contributed by atoms with Gasteiger partial charge in [-0.25, -0.2) is 0 Å². The summed E-state index contributed by atoms with van der Waals surface area (Å²) in [5.74, 6) is 0.738. The second-order valence-corrected chi connectivity index (χ2v) is 7.38. The van der Waals surface area contributed by atoms with Gasteiger partial charge < -0.3 is 9.84 Å². The van der Waals surface area contributed by atoms with Gasteiger partial charge in [0.15, 0.2) is 5.78 Å². The summed E-state index contributed by atoms with van der Waals surface area (Å²) in [7, 11) is 0. The van der Waals surface area contributed by atoms with E-state index in [1.807, 2.05) is 73.7 Å². The standard InChI is InChI=1S/C24H20N2O3/c1-15-9-11-17(12-10-15)29-14-16(27)13-26-21-8-4-7-20-22(21)23(25-26)18-5-2-3-6-19(18)24(20)28/h2-12,16,27H,13-14H2,1H3. The van der Waals surface area contributed by atoms with E-state index in [4.69, 9.17) is 9.84 Å². The second kappa shape index (κ2) is 6.87. The average molecular weight is 384 g/mol. The molecule has 1 aliphatic rings. The van der Waals surface area contributed by atoms with Gasteiger partial charge in [-0.3, -0.25) is 9.48 Å². The quantitative estimate of drug-likeness (QED) is 0.498. The number of carbonyl (C=O) groups excluding carboxylic acids is 1. The molecule has 0 saturated carbocycles. The number of aliphatic hydroxyl groups is 1. The zero-order valence-corrected chi connectivity index (χ0v) is 16.0. The van der Waals surface area contributed by atoms with E-state index in [0.29, 0.717) is 11.1 Å². The second-order valence-electron chi connectivity index (χ2n) is 7.38. The van der Waals surface area contributed by atoms with Gasteiger partial charge in [0.05, 0.1) is 12.1 Å². The van der Waals surface area contributed by atoms with Gasteiger partial charge in [0.2, 0.25) is 0 Å². The van der Waals surface area contributed by atoms with Gasteiger partial charge >= 0.3 is 0 Å². The molecule has 1 atom stereocenters. The van der Waals surface area contributed by atoms with Crippen LogP contribution < -0.4 is 4.74 Å². The van der Waals surface area contributed by atoms with Gasteiger partial charge in [-0.15, -0.1) is 0 Å². The van der Waals surface area contributed by atoms with Gasteiger partial charge in [0, 0.05) is 22.1 Å². The third-order valence-electron chi connectivity index (χ3n) is 5.30. The highest BCUT2D eigenvalue weighted by Gasteiger charge is 2.28. The average Bonchev–Trinajstić information content (AvgIpc) is 3.11. The number of rotatable bonds is 5. The molecule has 3 aromatic carbocycles. The lowest BCUT2D eigenvalue weighted by atomic mass is 9.87. The molecule has 5 heteroatoms. The van der Waals surface area contributed by atoms with Crippen molar-refractivity contribution in [3.05, 3.63) is 83.4 Å². The van der Waals surface area contributed by atoms with Crippen LogP contribution in [0.25, 0.3) is 22.2 Å². The van der Waals surface area contributed by atoms with Crippen molar-refractivity contribution < 1.29 is 14.6 Å². The Morgan fingerprint density at radius 1 is 0.966 bits per heavy atom. The number of hydrogen-bond donors (Lipinski definition) is 1. The van der Waals surface area contributed by atoms with Crippen molar-refractivity contribution in [2.45, 2.75) is 19.6 Å². The van der Waals surface area contributed by atoms with Crippen LogP contribution in [0, 0.1) is 6.92 Å². The molecule has 1 N–H and O–H groups in total. The molecule has 0 spiro atoms. The maximum atomic E-state index is 12.9. The van der Waals surface area contributed by atoms with Crippen molar-refractivity contribution in [3.8, 4) is 17.0 Å². The highest BCUT2D eigenvalue weighted by molar-refractivity contribution is 6.25. The summed E-state index contributed by atoms with van der Waals surface area (Å²) in [6.45, 7) is 2.46. The van der Waals surface area contributed by atoms with E-state index in [2.05, 4.69) is 0 Å². The van der Waals surface area contributed by atoms with Crippen molar-refractivity contribution in [1.29, 1.82) is 0 Å². The largest absolute Gasteiger partial charge is 0.491 e. The molecular formula is C24H20N2O3. The molecule has 0 fully saturated rings. The number of carbonyl (C=O) groups is 1. The smallest absolute Gasteiger partial charge is 0.194 e. The molecule has 1 heterocycles. The number of hydrogen-bond acceptors (Lipinski definition) is 4. The van der Waals surface area contributed by atoms with Crippen LogP contribution >= 0.6 is 0 Å². The lowest BCUT2D eigenvalue weighted by Gasteiger charge is -2.14. The van der Waals surface area contributed by atoms with E-state index in [1.165, 1.54) is 0 Å². The highest BCUT2D eigenvalue weighted by Crippen LogP contribution is 2.38. The van der Waals surface area contributed by atoms with E-state index in [0.717, 1.165) is 33.5 Å². The topological polar surface area (TPSA) is 64.3 Å². The fraction of sp³-hybridized carbons (Fsp3) is 0.167. The Hall–Kier alpha value is -3.44. The highest BCUT2D eigenvalue weighted by atomic mass is 16.5. The van der Waals surface area contributed by atoms with Crippen molar-refractivity contribution in [2.75, 3.05) is 6.61 Å². The van der Waals surface area contributed by atoms with E-state index < -0.39 is 6.10 Å². The zero-order chi connectivity index (χ0) is 20.0. The van der Waals surface area contributed by atoms with E-state index >= 15 is 0 Å². The molecule has 0 bridgehead atoms. The van der Waals surface area contributed by atoms with E-state index in [1.54, 1.807) is 4.68 Å². The molecule has 1 unspecified atom stereocenters. The van der Waals surface area contributed by atoms with Gasteiger partial charge in [-0.1, -0.05) is 54.1 Å². The Morgan fingerprint density at radius 2 is 1.69 bits per heavy atom. The normalized spacial score (nSPS) is 13.4. The fourth-order valence-electron chi connectivity index (χ4n) is 3.86. The fourth-order valence-corrected chi connectivity index (χ4v) is 3.86. The van der Waals surface area contributed by atoms with E-state index in [-0.39, 0.29) is 18.9 Å². The number of ether oxygens (including phenoxy) is 1. The Bertz CT molecular complexity index is 1220. The van der Waals surface area contributed by atoms with Gasteiger partial charge in [0.25, 0.3) is 0 Å². The van der Waals surface area contributed by atoms with Crippen LogP contribution in [0.4, 0.5) is 0 Å². The van der Waals surface area contributed by atoms with Gasteiger partial charge in [-0.05, 0) is 25.1 Å². The third kappa shape index (κ3) is 3.00. The predicted octanol–water partition coefficient (Wildman–Crippen LogP) is 4.00. The Labute approximate surface area is 168 Å². The summed E-state index contributed by atoms with van der Waals surface area (Å²) >= 11 is 0. The summed E-state index contributed by atoms with van der Waals surface area (Å²) in [5, 5.41) is 16.1. The molecule has 0 radical (unpaired) electrons. The summed E-state index contributed by atoms with van der Waals surface area (Å²) in [6, 6.07) is 20.9. The molecule has 5 rings (SSSR count). The molecule has 0 aliphatic heterocycles. The first-order valence-corrected chi connectivity index (χ1v) is 9.63. The zero-order valence-electron chi connectivity index (χ0n) is 16.0. The molecular weight excluding hydrogens is 364 g/mol. The minimum Gasteiger partial charge on any atom is -0.491 e. The summed E-state index contributed by atoms with van der Waals surface area (Å²) in [6.07, 6.45) is -0.734.